The van der Waals surface area contributed by atoms with Crippen LogP contribution in [-0.2, 0) is 0 Å². The van der Waals surface area contributed by atoms with Gasteiger partial charge in [-0.1, -0.05) is 58.5 Å². The van der Waals surface area contributed by atoms with Gasteiger partial charge in [-0.05, 0) is 65.8 Å². The number of hydrogen-bond acceptors (Lipinski definition) is 2. The molecule has 29 heavy (non-hydrogen) atoms. The molecule has 0 amide bonds. The molecule has 0 bridgehead atoms. The minimum Gasteiger partial charge on any atom is -0.364 e. The van der Waals surface area contributed by atoms with E-state index in [0.717, 1.165) is 11.4 Å². The first-order valence-corrected chi connectivity index (χ1v) is 11.4. The van der Waals surface area contributed by atoms with E-state index < -0.39 is 0 Å². The maximum absolute atomic E-state index is 6.51. The molecule has 0 spiro atoms. The van der Waals surface area contributed by atoms with Gasteiger partial charge in [0.15, 0.2) is 0 Å². The van der Waals surface area contributed by atoms with Gasteiger partial charge >= 0.3 is 0 Å². The van der Waals surface area contributed by atoms with E-state index >= 15 is 0 Å². The predicted molar refractivity (Wildman–Crippen MR) is 131 cm³/mol. The van der Waals surface area contributed by atoms with Gasteiger partial charge in [0.25, 0.3) is 0 Å². The van der Waals surface area contributed by atoms with Crippen molar-refractivity contribution < 1.29 is 0 Å². The molecular weight excluding hydrogens is 446 g/mol. The van der Waals surface area contributed by atoms with Crippen molar-refractivity contribution in [3.8, 4) is 0 Å². The number of para-hydroxylation sites is 2. The summed E-state index contributed by atoms with van der Waals surface area (Å²) in [6, 6.07) is 11.8. The van der Waals surface area contributed by atoms with Crippen LogP contribution in [0.15, 0.2) is 36.4 Å². The van der Waals surface area contributed by atoms with Crippen LogP contribution in [0, 0.1) is 6.42 Å². The summed E-state index contributed by atoms with van der Waals surface area (Å²) in [6.45, 7) is 12.9. The van der Waals surface area contributed by atoms with Crippen LogP contribution < -0.4 is 9.80 Å². The molecule has 0 aliphatic heterocycles. The molecule has 2 rings (SSSR count). The highest BCUT2D eigenvalue weighted by Gasteiger charge is 2.28. The second kappa shape index (κ2) is 10.5. The molecule has 0 saturated heterocycles. The summed E-state index contributed by atoms with van der Waals surface area (Å²) in [5.41, 5.74) is 1.71. The normalized spacial score (nSPS) is 13.7. The Morgan fingerprint density at radius 3 is 1.10 bits per heavy atom. The number of halogens is 4. The van der Waals surface area contributed by atoms with E-state index in [4.69, 9.17) is 46.4 Å². The quantitative estimate of drug-likeness (QED) is 0.378. The van der Waals surface area contributed by atoms with E-state index in [1.54, 1.807) is 0 Å². The smallest absolute Gasteiger partial charge is 0.0749 e. The summed E-state index contributed by atoms with van der Waals surface area (Å²) in [5, 5.41) is 2.59. The van der Waals surface area contributed by atoms with Crippen molar-refractivity contribution in [1.82, 2.24) is 0 Å². The van der Waals surface area contributed by atoms with Crippen LogP contribution in [0.3, 0.4) is 0 Å². The first-order chi connectivity index (χ1) is 13.6. The van der Waals surface area contributed by atoms with Crippen LogP contribution in [0.2, 0.25) is 20.1 Å². The summed E-state index contributed by atoms with van der Waals surface area (Å²) in [7, 11) is 0. The third kappa shape index (κ3) is 5.67. The lowest BCUT2D eigenvalue weighted by atomic mass is 10.0. The van der Waals surface area contributed by atoms with Crippen LogP contribution in [-0.4, -0.2) is 24.2 Å². The van der Waals surface area contributed by atoms with Crippen LogP contribution >= 0.6 is 46.4 Å². The second-order valence-corrected chi connectivity index (χ2v) is 9.45. The fourth-order valence-electron chi connectivity index (χ4n) is 3.92. The van der Waals surface area contributed by atoms with Crippen LogP contribution in [0.4, 0.5) is 11.4 Å². The van der Waals surface area contributed by atoms with Gasteiger partial charge in [0.2, 0.25) is 0 Å². The molecule has 0 heterocycles. The van der Waals surface area contributed by atoms with E-state index in [-0.39, 0.29) is 24.2 Å². The topological polar surface area (TPSA) is 6.48 Å². The number of benzene rings is 2. The Morgan fingerprint density at radius 1 is 0.586 bits per heavy atom. The van der Waals surface area contributed by atoms with E-state index in [0.29, 0.717) is 20.1 Å². The highest BCUT2D eigenvalue weighted by molar-refractivity contribution is 6.39. The lowest BCUT2D eigenvalue weighted by molar-refractivity contribution is 0.549. The summed E-state index contributed by atoms with van der Waals surface area (Å²) in [4.78, 5) is 4.49. The Morgan fingerprint density at radius 2 is 0.862 bits per heavy atom. The van der Waals surface area contributed by atoms with Gasteiger partial charge in [-0.2, -0.15) is 0 Å². The highest BCUT2D eigenvalue weighted by atomic mass is 35.5. The summed E-state index contributed by atoms with van der Waals surface area (Å²) >= 11 is 26.1. The van der Waals surface area contributed by atoms with Gasteiger partial charge in [-0.15, -0.1) is 0 Å². The van der Waals surface area contributed by atoms with Crippen molar-refractivity contribution in [1.29, 1.82) is 0 Å². The molecule has 0 N–H and O–H groups in total. The van der Waals surface area contributed by atoms with Gasteiger partial charge in [0.05, 0.1) is 31.5 Å². The molecule has 0 fully saturated rings. The average Bonchev–Trinajstić information content (AvgIpc) is 2.60. The van der Waals surface area contributed by atoms with Crippen molar-refractivity contribution >= 4 is 57.8 Å². The summed E-state index contributed by atoms with van der Waals surface area (Å²) in [5.74, 6) is 0. The van der Waals surface area contributed by atoms with Gasteiger partial charge in [0.1, 0.15) is 0 Å². The Kier molecular flexibility index (Phi) is 8.85. The molecule has 2 aromatic rings. The Labute approximate surface area is 195 Å². The Balaban J connectivity index is 2.36. The third-order valence-corrected chi connectivity index (χ3v) is 6.16. The fraction of sp³-hybridized carbons (Fsp3) is 0.435. The van der Waals surface area contributed by atoms with Crippen LogP contribution in [0.5, 0.6) is 0 Å². The molecule has 0 aliphatic rings. The predicted octanol–water partition coefficient (Wildman–Crippen LogP) is 8.41. The molecule has 6 heteroatoms. The van der Waals surface area contributed by atoms with Gasteiger partial charge in [-0.25, -0.2) is 0 Å². The largest absolute Gasteiger partial charge is 0.364 e. The SMILES string of the molecule is CC(C)N(c1c(Cl)cccc1Cl)C(C)[CH]C(C)N(c1c(Cl)cccc1Cl)C(C)C. The molecule has 2 unspecified atom stereocenters. The van der Waals surface area contributed by atoms with Crippen LogP contribution in [0.1, 0.15) is 41.5 Å². The Hall–Kier alpha value is -0.800. The van der Waals surface area contributed by atoms with E-state index in [1.165, 1.54) is 0 Å². The maximum Gasteiger partial charge on any atom is 0.0749 e. The third-order valence-electron chi connectivity index (χ3n) is 4.94. The molecule has 2 aromatic carbocycles. The molecule has 2 nitrogen and oxygen atoms in total. The zero-order chi connectivity index (χ0) is 21.9. The van der Waals surface area contributed by atoms with Crippen molar-refractivity contribution in [2.24, 2.45) is 0 Å². The number of anilines is 2. The maximum atomic E-state index is 6.51. The highest BCUT2D eigenvalue weighted by Crippen LogP contribution is 2.39. The number of hydrogen-bond donors (Lipinski definition) is 0. The molecule has 1 radical (unpaired) electrons. The van der Waals surface area contributed by atoms with Gasteiger partial charge < -0.3 is 9.80 Å². The standard InChI is InChI=1S/C23H29Cl4N2/c1-14(2)28(22-18(24)9-7-10-19(22)25)16(5)13-17(6)29(15(3)4)23-20(26)11-8-12-21(23)27/h7-17H,1-6H3. The van der Waals surface area contributed by atoms with Gasteiger partial charge in [-0.3, -0.25) is 0 Å². The van der Waals surface area contributed by atoms with Crippen LogP contribution in [0.25, 0.3) is 0 Å². The molecule has 0 aromatic heterocycles. The van der Waals surface area contributed by atoms with Crippen molar-refractivity contribution in [2.45, 2.75) is 65.7 Å². The Bertz CT molecular complexity index is 715. The molecule has 2 atom stereocenters. The number of nitrogens with zero attached hydrogens (tertiary/aromatic N) is 2. The second-order valence-electron chi connectivity index (χ2n) is 7.82. The first-order valence-electron chi connectivity index (χ1n) is 9.85. The van der Waals surface area contributed by atoms with Gasteiger partial charge in [0, 0.05) is 30.6 Å². The molecular formula is C23H29Cl4N2. The molecule has 0 saturated carbocycles. The van der Waals surface area contributed by atoms with Crippen molar-refractivity contribution in [2.75, 3.05) is 9.80 Å². The first kappa shape index (κ1) is 24.5. The zero-order valence-electron chi connectivity index (χ0n) is 17.8. The summed E-state index contributed by atoms with van der Waals surface area (Å²) in [6.07, 6.45) is 2.28. The summed E-state index contributed by atoms with van der Waals surface area (Å²) < 4.78 is 0. The minimum atomic E-state index is 0.0740. The average molecular weight is 475 g/mol. The molecule has 0 aliphatic carbocycles. The van der Waals surface area contributed by atoms with E-state index in [9.17, 15) is 0 Å². The van der Waals surface area contributed by atoms with E-state index in [1.807, 2.05) is 36.4 Å². The fourth-order valence-corrected chi connectivity index (χ4v) is 5.11. The zero-order valence-corrected chi connectivity index (χ0v) is 20.8. The lowest BCUT2D eigenvalue weighted by Crippen LogP contribution is -2.47. The minimum absolute atomic E-state index is 0.0740. The lowest BCUT2D eigenvalue weighted by Gasteiger charge is -2.41. The van der Waals surface area contributed by atoms with Crippen molar-refractivity contribution in [3.05, 3.63) is 62.9 Å². The van der Waals surface area contributed by atoms with E-state index in [2.05, 4.69) is 57.8 Å². The number of rotatable bonds is 8. The van der Waals surface area contributed by atoms with Crippen molar-refractivity contribution in [3.63, 3.8) is 0 Å². The monoisotopic (exact) mass is 473 g/mol. The molecule has 159 valence electrons.